The Balaban J connectivity index is 1.93. The molecule has 0 spiro atoms. The van der Waals surface area contributed by atoms with Crippen LogP contribution in [0.1, 0.15) is 31.4 Å². The topological polar surface area (TPSA) is 56.0 Å². The first kappa shape index (κ1) is 12.6. The van der Waals surface area contributed by atoms with E-state index in [-0.39, 0.29) is 5.91 Å². The Hall–Kier alpha value is -1.90. The average molecular weight is 242 g/mol. The Morgan fingerprint density at radius 2 is 1.94 bits per heavy atom. The maximum absolute atomic E-state index is 10.6. The van der Waals surface area contributed by atoms with Crippen molar-refractivity contribution in [3.8, 4) is 0 Å². The second kappa shape index (κ2) is 6.15. The molecule has 0 bridgehead atoms. The van der Waals surface area contributed by atoms with Gasteiger partial charge in [0, 0.05) is 23.7 Å². The lowest BCUT2D eigenvalue weighted by atomic mass is 10.0. The van der Waals surface area contributed by atoms with Crippen molar-refractivity contribution in [3.05, 3.63) is 42.2 Å². The highest BCUT2D eigenvalue weighted by molar-refractivity contribution is 5.84. The summed E-state index contributed by atoms with van der Waals surface area (Å²) in [6, 6.07) is 10.3. The number of pyridine rings is 1. The molecule has 1 aromatic heterocycles. The molecule has 0 fully saturated rings. The Morgan fingerprint density at radius 1 is 1.11 bits per heavy atom. The predicted octanol–water partition coefficient (Wildman–Crippen LogP) is 2.82. The number of carbonyl (C=O) groups is 1. The van der Waals surface area contributed by atoms with E-state index >= 15 is 0 Å². The molecule has 18 heavy (non-hydrogen) atoms. The van der Waals surface area contributed by atoms with Crippen LogP contribution in [-0.2, 0) is 11.2 Å². The Labute approximate surface area is 107 Å². The fourth-order valence-electron chi connectivity index (χ4n) is 2.15. The smallest absolute Gasteiger partial charge is 0.217 e. The van der Waals surface area contributed by atoms with Gasteiger partial charge in [-0.1, -0.05) is 30.7 Å². The molecule has 94 valence electrons. The molecule has 2 N–H and O–H groups in total. The van der Waals surface area contributed by atoms with Gasteiger partial charge in [0.1, 0.15) is 0 Å². The van der Waals surface area contributed by atoms with Gasteiger partial charge in [-0.2, -0.15) is 0 Å². The predicted molar refractivity (Wildman–Crippen MR) is 73.1 cm³/mol. The fourth-order valence-corrected chi connectivity index (χ4v) is 2.15. The minimum Gasteiger partial charge on any atom is -0.370 e. The molecule has 0 saturated heterocycles. The van der Waals surface area contributed by atoms with E-state index < -0.39 is 0 Å². The molecule has 1 aromatic carbocycles. The molecule has 0 aliphatic heterocycles. The van der Waals surface area contributed by atoms with Gasteiger partial charge in [-0.3, -0.25) is 9.78 Å². The zero-order chi connectivity index (χ0) is 12.8. The van der Waals surface area contributed by atoms with Crippen LogP contribution in [0.5, 0.6) is 0 Å². The second-order valence-corrected chi connectivity index (χ2v) is 4.51. The summed E-state index contributed by atoms with van der Waals surface area (Å²) < 4.78 is 0. The first-order valence-electron chi connectivity index (χ1n) is 6.38. The number of nitrogens with two attached hydrogens (primary N) is 1. The van der Waals surface area contributed by atoms with Gasteiger partial charge in [-0.15, -0.1) is 0 Å². The summed E-state index contributed by atoms with van der Waals surface area (Å²) >= 11 is 0. The van der Waals surface area contributed by atoms with E-state index in [0.29, 0.717) is 6.42 Å². The standard InChI is InChI=1S/C15H18N2O/c16-15(18)9-3-1-2-8-14-13-7-5-4-6-12(13)10-11-17-14/h4-7,10-11H,1-3,8-9H2,(H2,16,18). The molecule has 2 aromatic rings. The maximum atomic E-state index is 10.6. The lowest BCUT2D eigenvalue weighted by Gasteiger charge is -2.05. The van der Waals surface area contributed by atoms with Crippen molar-refractivity contribution in [2.75, 3.05) is 0 Å². The van der Waals surface area contributed by atoms with Gasteiger partial charge >= 0.3 is 0 Å². The van der Waals surface area contributed by atoms with Crippen LogP contribution in [0.3, 0.4) is 0 Å². The molecule has 3 nitrogen and oxygen atoms in total. The minimum atomic E-state index is -0.210. The first-order valence-corrected chi connectivity index (χ1v) is 6.38. The van der Waals surface area contributed by atoms with Crippen molar-refractivity contribution < 1.29 is 4.79 Å². The van der Waals surface area contributed by atoms with Crippen LogP contribution in [0.25, 0.3) is 10.8 Å². The van der Waals surface area contributed by atoms with E-state index in [0.717, 1.165) is 31.4 Å². The van der Waals surface area contributed by atoms with Gasteiger partial charge in [-0.25, -0.2) is 0 Å². The monoisotopic (exact) mass is 242 g/mol. The minimum absolute atomic E-state index is 0.210. The zero-order valence-corrected chi connectivity index (χ0v) is 10.4. The van der Waals surface area contributed by atoms with Crippen molar-refractivity contribution in [3.63, 3.8) is 0 Å². The van der Waals surface area contributed by atoms with Gasteiger partial charge in [0.15, 0.2) is 0 Å². The van der Waals surface area contributed by atoms with Crippen LogP contribution in [-0.4, -0.2) is 10.9 Å². The van der Waals surface area contributed by atoms with Crippen LogP contribution >= 0.6 is 0 Å². The van der Waals surface area contributed by atoms with Gasteiger partial charge in [-0.05, 0) is 30.7 Å². The van der Waals surface area contributed by atoms with Crippen molar-refractivity contribution in [2.45, 2.75) is 32.1 Å². The lowest BCUT2D eigenvalue weighted by molar-refractivity contribution is -0.118. The lowest BCUT2D eigenvalue weighted by Crippen LogP contribution is -2.09. The number of fused-ring (bicyclic) bond motifs is 1. The third-order valence-electron chi connectivity index (χ3n) is 3.09. The summed E-state index contributed by atoms with van der Waals surface area (Å²) in [5, 5.41) is 2.47. The molecule has 0 aliphatic carbocycles. The summed E-state index contributed by atoms with van der Waals surface area (Å²) in [5.74, 6) is -0.210. The number of carbonyl (C=O) groups excluding carboxylic acids is 1. The number of hydrogen-bond acceptors (Lipinski definition) is 2. The SMILES string of the molecule is NC(=O)CCCCCc1nccc2ccccc12. The van der Waals surface area contributed by atoms with Crippen LogP contribution in [0.15, 0.2) is 36.5 Å². The summed E-state index contributed by atoms with van der Waals surface area (Å²) in [6.07, 6.45) is 6.26. The zero-order valence-electron chi connectivity index (χ0n) is 10.4. The number of benzene rings is 1. The summed E-state index contributed by atoms with van der Waals surface area (Å²) in [5.41, 5.74) is 6.25. The van der Waals surface area contributed by atoms with E-state index in [1.165, 1.54) is 10.8 Å². The van der Waals surface area contributed by atoms with Gasteiger partial charge in [0.05, 0.1) is 0 Å². The fraction of sp³-hybridized carbons (Fsp3) is 0.333. The number of primary amides is 1. The number of hydrogen-bond donors (Lipinski definition) is 1. The van der Waals surface area contributed by atoms with E-state index in [1.54, 1.807) is 0 Å². The quantitative estimate of drug-likeness (QED) is 0.792. The number of aromatic nitrogens is 1. The van der Waals surface area contributed by atoms with Crippen molar-refractivity contribution >= 4 is 16.7 Å². The average Bonchev–Trinajstić information content (AvgIpc) is 2.38. The van der Waals surface area contributed by atoms with Crippen molar-refractivity contribution in [1.82, 2.24) is 4.98 Å². The molecule has 2 rings (SSSR count). The number of unbranched alkanes of at least 4 members (excludes halogenated alkanes) is 2. The second-order valence-electron chi connectivity index (χ2n) is 4.51. The van der Waals surface area contributed by atoms with Gasteiger partial charge in [0.2, 0.25) is 5.91 Å². The van der Waals surface area contributed by atoms with E-state index in [9.17, 15) is 4.79 Å². The summed E-state index contributed by atoms with van der Waals surface area (Å²) in [4.78, 5) is 15.1. The summed E-state index contributed by atoms with van der Waals surface area (Å²) in [7, 11) is 0. The highest BCUT2D eigenvalue weighted by atomic mass is 16.1. The van der Waals surface area contributed by atoms with Crippen molar-refractivity contribution in [2.24, 2.45) is 5.73 Å². The van der Waals surface area contributed by atoms with E-state index in [1.807, 2.05) is 24.4 Å². The normalized spacial score (nSPS) is 10.7. The van der Waals surface area contributed by atoms with Crippen LogP contribution < -0.4 is 5.73 Å². The molecule has 0 radical (unpaired) electrons. The molecular formula is C15H18N2O. The van der Waals surface area contributed by atoms with Crippen molar-refractivity contribution in [1.29, 1.82) is 0 Å². The molecule has 3 heteroatoms. The number of nitrogens with zero attached hydrogens (tertiary/aromatic N) is 1. The van der Waals surface area contributed by atoms with Crippen LogP contribution in [0, 0.1) is 0 Å². The van der Waals surface area contributed by atoms with E-state index in [2.05, 4.69) is 17.1 Å². The highest BCUT2D eigenvalue weighted by Gasteiger charge is 2.02. The Morgan fingerprint density at radius 3 is 2.78 bits per heavy atom. The van der Waals surface area contributed by atoms with E-state index in [4.69, 9.17) is 5.73 Å². The number of rotatable bonds is 6. The maximum Gasteiger partial charge on any atom is 0.217 e. The highest BCUT2D eigenvalue weighted by Crippen LogP contribution is 2.18. The van der Waals surface area contributed by atoms with Crippen LogP contribution in [0.2, 0.25) is 0 Å². The molecule has 0 aliphatic rings. The van der Waals surface area contributed by atoms with Gasteiger partial charge in [0.25, 0.3) is 0 Å². The molecular weight excluding hydrogens is 224 g/mol. The largest absolute Gasteiger partial charge is 0.370 e. The molecule has 0 atom stereocenters. The van der Waals surface area contributed by atoms with Gasteiger partial charge < -0.3 is 5.73 Å². The number of aryl methyl sites for hydroxylation is 1. The molecule has 0 unspecified atom stereocenters. The third-order valence-corrected chi connectivity index (χ3v) is 3.09. The molecule has 1 amide bonds. The summed E-state index contributed by atoms with van der Waals surface area (Å²) in [6.45, 7) is 0. The third kappa shape index (κ3) is 3.29. The number of amides is 1. The molecule has 0 saturated carbocycles. The van der Waals surface area contributed by atoms with Crippen LogP contribution in [0.4, 0.5) is 0 Å². The Kier molecular flexibility index (Phi) is 4.29. The first-order chi connectivity index (χ1) is 8.77. The molecule has 1 heterocycles. The Bertz CT molecular complexity index is 532.